The first-order valence-electron chi connectivity index (χ1n) is 10.2. The van der Waals surface area contributed by atoms with Crippen LogP contribution in [-0.4, -0.2) is 12.2 Å². The van der Waals surface area contributed by atoms with Gasteiger partial charge in [0.1, 0.15) is 0 Å². The molecule has 1 fully saturated rings. The molecule has 1 aliphatic heterocycles. The lowest BCUT2D eigenvalue weighted by atomic mass is 9.75. The zero-order chi connectivity index (χ0) is 21.3. The van der Waals surface area contributed by atoms with Gasteiger partial charge in [0.15, 0.2) is 11.5 Å². The Balaban J connectivity index is 1.65. The predicted molar refractivity (Wildman–Crippen MR) is 95.7 cm³/mol. The van der Waals surface area contributed by atoms with Crippen molar-refractivity contribution in [1.29, 1.82) is 0 Å². The fourth-order valence-corrected chi connectivity index (χ4v) is 4.27. The van der Waals surface area contributed by atoms with E-state index in [1.165, 1.54) is 0 Å². The summed E-state index contributed by atoms with van der Waals surface area (Å²) < 4.78 is 93.4. The van der Waals surface area contributed by atoms with Crippen LogP contribution in [-0.2, 0) is 5.92 Å². The van der Waals surface area contributed by atoms with Gasteiger partial charge in [-0.05, 0) is 49.8 Å². The lowest BCUT2D eigenvalue weighted by molar-refractivity contribution is -0.286. The number of fused-ring (bicyclic) bond motifs is 1. The lowest BCUT2D eigenvalue weighted by Gasteiger charge is -2.37. The topological polar surface area (TPSA) is 18.5 Å². The molecule has 8 heteroatoms. The molecule has 0 bridgehead atoms. The van der Waals surface area contributed by atoms with Gasteiger partial charge in [0, 0.05) is 11.5 Å². The van der Waals surface area contributed by atoms with Crippen LogP contribution in [0.5, 0.6) is 11.5 Å². The van der Waals surface area contributed by atoms with Gasteiger partial charge in [-0.25, -0.2) is 0 Å². The summed E-state index contributed by atoms with van der Waals surface area (Å²) in [6.45, 7) is 2.11. The van der Waals surface area contributed by atoms with Crippen LogP contribution in [0.1, 0.15) is 70.3 Å². The van der Waals surface area contributed by atoms with Crippen molar-refractivity contribution in [3.63, 3.8) is 0 Å². The van der Waals surface area contributed by atoms with Crippen LogP contribution in [0.15, 0.2) is 18.2 Å². The summed E-state index contributed by atoms with van der Waals surface area (Å²) in [7, 11) is 0. The summed E-state index contributed by atoms with van der Waals surface area (Å²) in [5, 5.41) is 0. The highest BCUT2D eigenvalue weighted by Gasteiger charge is 2.62. The van der Waals surface area contributed by atoms with E-state index in [1.54, 1.807) is 0 Å². The molecule has 0 atom stereocenters. The summed E-state index contributed by atoms with van der Waals surface area (Å²) in [6, 6.07) is 2.02. The average Bonchev–Trinajstić information content (AvgIpc) is 2.98. The molecule has 0 spiro atoms. The SMILES string of the molecule is CCCCCCC1CCC(C(F)(F)C(F)(F)c2ccc3c(c2)OC(F)(F)O3)CC1. The molecule has 164 valence electrons. The zero-order valence-corrected chi connectivity index (χ0v) is 16.3. The monoisotopic (exact) mass is 424 g/mol. The van der Waals surface area contributed by atoms with Crippen molar-refractivity contribution in [1.82, 2.24) is 0 Å². The van der Waals surface area contributed by atoms with E-state index < -0.39 is 41.1 Å². The number of hydrogen-bond acceptors (Lipinski definition) is 2. The van der Waals surface area contributed by atoms with E-state index in [-0.39, 0.29) is 12.8 Å². The standard InChI is InChI=1S/C21H26F6O2/c1-2-3-4-5-6-14-7-9-15(10-8-14)19(22,23)20(24,25)16-11-12-17-18(13-16)29-21(26,27)28-17/h11-15H,2-10H2,1H3. The largest absolute Gasteiger partial charge is 0.586 e. The third kappa shape index (κ3) is 4.61. The first-order chi connectivity index (χ1) is 13.6. The Labute approximate surface area is 166 Å². The van der Waals surface area contributed by atoms with E-state index in [9.17, 15) is 26.3 Å². The lowest BCUT2D eigenvalue weighted by Crippen LogP contribution is -2.45. The molecule has 2 aliphatic rings. The van der Waals surface area contributed by atoms with Crippen molar-refractivity contribution in [3.8, 4) is 11.5 Å². The molecule has 29 heavy (non-hydrogen) atoms. The van der Waals surface area contributed by atoms with Gasteiger partial charge in [-0.2, -0.15) is 17.6 Å². The van der Waals surface area contributed by atoms with Crippen molar-refractivity contribution in [2.45, 2.75) is 82.9 Å². The summed E-state index contributed by atoms with van der Waals surface area (Å²) in [5.41, 5.74) is -1.05. The van der Waals surface area contributed by atoms with Crippen LogP contribution >= 0.6 is 0 Å². The maximum atomic E-state index is 14.8. The van der Waals surface area contributed by atoms with Crippen LogP contribution in [0.2, 0.25) is 0 Å². The first-order valence-corrected chi connectivity index (χ1v) is 10.2. The van der Waals surface area contributed by atoms with Crippen LogP contribution < -0.4 is 9.47 Å². The molecule has 0 amide bonds. The summed E-state index contributed by atoms with van der Waals surface area (Å²) in [5.74, 6) is -11.0. The van der Waals surface area contributed by atoms with Gasteiger partial charge in [-0.1, -0.05) is 39.0 Å². The van der Waals surface area contributed by atoms with Gasteiger partial charge in [0.25, 0.3) is 0 Å². The quantitative estimate of drug-likeness (QED) is 0.318. The van der Waals surface area contributed by atoms with Gasteiger partial charge < -0.3 is 9.47 Å². The fourth-order valence-electron chi connectivity index (χ4n) is 4.27. The van der Waals surface area contributed by atoms with E-state index in [4.69, 9.17) is 0 Å². The number of unbranched alkanes of at least 4 members (excludes halogenated alkanes) is 3. The summed E-state index contributed by atoms with van der Waals surface area (Å²) in [6.07, 6.45) is 2.44. The zero-order valence-electron chi connectivity index (χ0n) is 16.3. The fraction of sp³-hybridized carbons (Fsp3) is 0.714. The van der Waals surface area contributed by atoms with Gasteiger partial charge in [-0.3, -0.25) is 0 Å². The Morgan fingerprint density at radius 2 is 1.59 bits per heavy atom. The van der Waals surface area contributed by atoms with Crippen LogP contribution in [0.4, 0.5) is 26.3 Å². The Morgan fingerprint density at radius 1 is 0.931 bits per heavy atom. The third-order valence-corrected chi connectivity index (χ3v) is 6.01. The Hall–Kier alpha value is -1.60. The molecule has 1 saturated carbocycles. The smallest absolute Gasteiger partial charge is 0.395 e. The Morgan fingerprint density at radius 3 is 2.24 bits per heavy atom. The number of halogens is 6. The maximum absolute atomic E-state index is 14.8. The first kappa shape index (κ1) is 22.1. The minimum Gasteiger partial charge on any atom is -0.395 e. The van der Waals surface area contributed by atoms with Gasteiger partial charge >= 0.3 is 18.1 Å². The Kier molecular flexibility index (Phi) is 6.30. The van der Waals surface area contributed by atoms with Crippen molar-refractivity contribution < 1.29 is 35.8 Å². The van der Waals surface area contributed by atoms with Crippen molar-refractivity contribution in [3.05, 3.63) is 23.8 Å². The molecule has 0 aromatic heterocycles. The molecular weight excluding hydrogens is 398 g/mol. The highest BCUT2D eigenvalue weighted by molar-refractivity contribution is 5.46. The van der Waals surface area contributed by atoms with Gasteiger partial charge in [-0.15, -0.1) is 8.78 Å². The van der Waals surface area contributed by atoms with E-state index in [0.29, 0.717) is 30.9 Å². The molecule has 0 radical (unpaired) electrons. The van der Waals surface area contributed by atoms with Crippen molar-refractivity contribution in [2.24, 2.45) is 11.8 Å². The van der Waals surface area contributed by atoms with E-state index in [1.807, 2.05) is 0 Å². The number of rotatable bonds is 8. The molecule has 2 nitrogen and oxygen atoms in total. The van der Waals surface area contributed by atoms with E-state index in [0.717, 1.165) is 38.2 Å². The molecule has 1 aliphatic carbocycles. The van der Waals surface area contributed by atoms with Crippen molar-refractivity contribution >= 4 is 0 Å². The second-order valence-corrected chi connectivity index (χ2v) is 8.09. The van der Waals surface area contributed by atoms with Crippen LogP contribution in [0.25, 0.3) is 0 Å². The molecule has 1 aromatic rings. The molecule has 1 heterocycles. The van der Waals surface area contributed by atoms with Crippen molar-refractivity contribution in [2.75, 3.05) is 0 Å². The highest BCUT2D eigenvalue weighted by Crippen LogP contribution is 2.53. The normalized spacial score (nSPS) is 24.0. The number of ether oxygens (including phenoxy) is 2. The minimum absolute atomic E-state index is 0.0314. The highest BCUT2D eigenvalue weighted by atomic mass is 19.3. The second kappa shape index (κ2) is 8.26. The second-order valence-electron chi connectivity index (χ2n) is 8.09. The molecular formula is C21H26F6O2. The predicted octanol–water partition coefficient (Wildman–Crippen LogP) is 7.51. The molecule has 0 unspecified atom stereocenters. The number of alkyl halides is 6. The Bertz CT molecular complexity index is 698. The molecule has 0 saturated heterocycles. The number of hydrogen-bond donors (Lipinski definition) is 0. The van der Waals surface area contributed by atoms with Crippen LogP contribution in [0.3, 0.4) is 0 Å². The van der Waals surface area contributed by atoms with E-state index >= 15 is 0 Å². The molecule has 1 aromatic carbocycles. The molecule has 3 rings (SSSR count). The van der Waals surface area contributed by atoms with Gasteiger partial charge in [0.05, 0.1) is 0 Å². The maximum Gasteiger partial charge on any atom is 0.586 e. The van der Waals surface area contributed by atoms with E-state index in [2.05, 4.69) is 16.4 Å². The third-order valence-electron chi connectivity index (χ3n) is 6.01. The summed E-state index contributed by atoms with van der Waals surface area (Å²) >= 11 is 0. The molecule has 0 N–H and O–H groups in total. The average molecular weight is 424 g/mol. The summed E-state index contributed by atoms with van der Waals surface area (Å²) in [4.78, 5) is 0. The minimum atomic E-state index is -4.50. The van der Waals surface area contributed by atoms with Gasteiger partial charge in [0.2, 0.25) is 0 Å². The van der Waals surface area contributed by atoms with Crippen LogP contribution in [0, 0.1) is 11.8 Å². The number of benzene rings is 1.